The Morgan fingerprint density at radius 2 is 1.95 bits per heavy atom. The molecular weight excluding hydrogens is 284 g/mol. The van der Waals surface area contributed by atoms with E-state index in [0.717, 1.165) is 29.0 Å². The minimum absolute atomic E-state index is 0.0210. The van der Waals surface area contributed by atoms with Crippen LogP contribution in [0.2, 0.25) is 5.02 Å². The fraction of sp³-hybridized carbons (Fsp3) is 0.200. The highest BCUT2D eigenvalue weighted by atomic mass is 35.5. The highest BCUT2D eigenvalue weighted by Crippen LogP contribution is 2.27. The van der Waals surface area contributed by atoms with Gasteiger partial charge < -0.3 is 10.1 Å². The fourth-order valence-electron chi connectivity index (χ4n) is 1.95. The van der Waals surface area contributed by atoms with Gasteiger partial charge in [-0.15, -0.1) is 0 Å². The van der Waals surface area contributed by atoms with Crippen molar-refractivity contribution < 1.29 is 13.5 Å². The van der Waals surface area contributed by atoms with Crippen molar-refractivity contribution in [2.24, 2.45) is 0 Å². The zero-order valence-electron chi connectivity index (χ0n) is 11.1. The minimum Gasteiger partial charge on any atom is -0.496 e. The molecule has 0 aliphatic heterocycles. The Hall–Kier alpha value is -1.81. The number of halogens is 3. The van der Waals surface area contributed by atoms with Gasteiger partial charge >= 0.3 is 0 Å². The molecule has 0 aromatic heterocycles. The molecular formula is C15H14ClF2NO. The molecule has 2 rings (SSSR count). The summed E-state index contributed by atoms with van der Waals surface area (Å²) in [5.41, 5.74) is 2.03. The van der Waals surface area contributed by atoms with Gasteiger partial charge in [0.25, 0.3) is 0 Å². The van der Waals surface area contributed by atoms with Gasteiger partial charge in [0.1, 0.15) is 11.6 Å². The lowest BCUT2D eigenvalue weighted by molar-refractivity contribution is 0.411. The molecule has 0 heterocycles. The van der Waals surface area contributed by atoms with E-state index in [1.807, 2.05) is 25.1 Å². The normalized spacial score (nSPS) is 10.4. The highest BCUT2D eigenvalue weighted by Gasteiger charge is 2.10. The summed E-state index contributed by atoms with van der Waals surface area (Å²) in [6.45, 7) is 2.31. The molecule has 0 saturated heterocycles. The maximum absolute atomic E-state index is 13.6. The van der Waals surface area contributed by atoms with Gasteiger partial charge in [-0.05, 0) is 30.2 Å². The Morgan fingerprint density at radius 1 is 1.20 bits per heavy atom. The smallest absolute Gasteiger partial charge is 0.150 e. The van der Waals surface area contributed by atoms with Crippen molar-refractivity contribution >= 4 is 17.3 Å². The SMILES string of the molecule is COc1ccc(CNc2c(F)cc(F)cc2Cl)cc1C. The second-order valence-electron chi connectivity index (χ2n) is 4.40. The van der Waals surface area contributed by atoms with Crippen LogP contribution >= 0.6 is 11.6 Å². The molecule has 5 heteroatoms. The largest absolute Gasteiger partial charge is 0.496 e. The zero-order valence-corrected chi connectivity index (χ0v) is 11.9. The molecule has 0 bridgehead atoms. The summed E-state index contributed by atoms with van der Waals surface area (Å²) in [5.74, 6) is -0.613. The van der Waals surface area contributed by atoms with Crippen LogP contribution in [0.3, 0.4) is 0 Å². The van der Waals surface area contributed by atoms with Gasteiger partial charge in [-0.3, -0.25) is 0 Å². The van der Waals surface area contributed by atoms with Crippen molar-refractivity contribution in [1.29, 1.82) is 0 Å². The standard InChI is InChI=1S/C15H14ClF2NO/c1-9-5-10(3-4-14(9)20-2)8-19-15-12(16)6-11(17)7-13(15)18/h3-7,19H,8H2,1-2H3. The molecule has 2 aromatic rings. The van der Waals surface area contributed by atoms with Crippen molar-refractivity contribution in [2.45, 2.75) is 13.5 Å². The summed E-state index contributed by atoms with van der Waals surface area (Å²) in [4.78, 5) is 0. The molecule has 0 radical (unpaired) electrons. The third-order valence-corrected chi connectivity index (χ3v) is 3.23. The first kappa shape index (κ1) is 14.6. The molecule has 0 aliphatic rings. The minimum atomic E-state index is -0.708. The predicted molar refractivity (Wildman–Crippen MR) is 76.4 cm³/mol. The van der Waals surface area contributed by atoms with Gasteiger partial charge in [0.05, 0.1) is 17.8 Å². The van der Waals surface area contributed by atoms with Gasteiger partial charge in [-0.1, -0.05) is 23.7 Å². The molecule has 20 heavy (non-hydrogen) atoms. The lowest BCUT2D eigenvalue weighted by Gasteiger charge is -2.11. The third-order valence-electron chi connectivity index (χ3n) is 2.94. The third kappa shape index (κ3) is 3.20. The summed E-state index contributed by atoms with van der Waals surface area (Å²) < 4.78 is 31.7. The molecule has 2 nitrogen and oxygen atoms in total. The number of anilines is 1. The molecule has 0 fully saturated rings. The number of hydrogen-bond acceptors (Lipinski definition) is 2. The summed E-state index contributed by atoms with van der Waals surface area (Å²) in [6, 6.07) is 7.52. The predicted octanol–water partition coefficient (Wildman–Crippen LogP) is 4.55. The molecule has 106 valence electrons. The highest BCUT2D eigenvalue weighted by molar-refractivity contribution is 6.33. The van der Waals surface area contributed by atoms with E-state index in [9.17, 15) is 8.78 Å². The molecule has 0 unspecified atom stereocenters. The second-order valence-corrected chi connectivity index (χ2v) is 4.81. The molecule has 2 aromatic carbocycles. The van der Waals surface area contributed by atoms with Gasteiger partial charge in [0.2, 0.25) is 0 Å². The van der Waals surface area contributed by atoms with Crippen molar-refractivity contribution in [2.75, 3.05) is 12.4 Å². The van der Waals surface area contributed by atoms with E-state index in [-0.39, 0.29) is 10.7 Å². The van der Waals surface area contributed by atoms with E-state index in [2.05, 4.69) is 5.32 Å². The summed E-state index contributed by atoms with van der Waals surface area (Å²) in [5, 5.41) is 2.90. The average Bonchev–Trinajstić information content (AvgIpc) is 2.37. The number of rotatable bonds is 4. The monoisotopic (exact) mass is 297 g/mol. The van der Waals surface area contributed by atoms with Gasteiger partial charge in [-0.25, -0.2) is 8.78 Å². The number of methoxy groups -OCH3 is 1. The van der Waals surface area contributed by atoms with E-state index in [4.69, 9.17) is 16.3 Å². The Morgan fingerprint density at radius 3 is 2.55 bits per heavy atom. The lowest BCUT2D eigenvalue weighted by atomic mass is 10.1. The molecule has 0 saturated carbocycles. The molecule has 0 spiro atoms. The Kier molecular flexibility index (Phi) is 4.45. The first-order valence-corrected chi connectivity index (χ1v) is 6.41. The Labute approximate surface area is 121 Å². The van der Waals surface area contributed by atoms with Crippen LogP contribution in [0.25, 0.3) is 0 Å². The first-order valence-electron chi connectivity index (χ1n) is 6.03. The first-order chi connectivity index (χ1) is 9.51. The van der Waals surface area contributed by atoms with Crippen LogP contribution in [0.15, 0.2) is 30.3 Å². The maximum atomic E-state index is 13.6. The van der Waals surface area contributed by atoms with Crippen molar-refractivity contribution in [1.82, 2.24) is 0 Å². The number of nitrogens with one attached hydrogen (secondary N) is 1. The molecule has 0 amide bonds. The van der Waals surface area contributed by atoms with E-state index in [1.165, 1.54) is 0 Å². The van der Waals surface area contributed by atoms with E-state index in [1.54, 1.807) is 7.11 Å². The second kappa shape index (κ2) is 6.09. The van der Waals surface area contributed by atoms with E-state index < -0.39 is 11.6 Å². The van der Waals surface area contributed by atoms with Crippen LogP contribution in [-0.2, 0) is 6.54 Å². The zero-order chi connectivity index (χ0) is 14.7. The van der Waals surface area contributed by atoms with Crippen molar-refractivity contribution in [3.8, 4) is 5.75 Å². The van der Waals surface area contributed by atoms with Gasteiger partial charge in [0, 0.05) is 12.6 Å². The van der Waals surface area contributed by atoms with Crippen LogP contribution < -0.4 is 10.1 Å². The average molecular weight is 298 g/mol. The summed E-state index contributed by atoms with van der Waals surface area (Å²) in [7, 11) is 1.61. The number of aryl methyl sites for hydroxylation is 1. The lowest BCUT2D eigenvalue weighted by Crippen LogP contribution is -2.03. The molecule has 1 N–H and O–H groups in total. The van der Waals surface area contributed by atoms with Gasteiger partial charge in [0.15, 0.2) is 5.82 Å². The van der Waals surface area contributed by atoms with E-state index >= 15 is 0 Å². The van der Waals surface area contributed by atoms with Crippen molar-refractivity contribution in [3.63, 3.8) is 0 Å². The summed E-state index contributed by atoms with van der Waals surface area (Å²) in [6.07, 6.45) is 0. The molecule has 0 atom stereocenters. The van der Waals surface area contributed by atoms with Crippen LogP contribution in [0.1, 0.15) is 11.1 Å². The number of ether oxygens (including phenoxy) is 1. The fourth-order valence-corrected chi connectivity index (χ4v) is 2.21. The summed E-state index contributed by atoms with van der Waals surface area (Å²) >= 11 is 5.82. The van der Waals surface area contributed by atoms with Crippen LogP contribution in [0.4, 0.5) is 14.5 Å². The van der Waals surface area contributed by atoms with Gasteiger partial charge in [-0.2, -0.15) is 0 Å². The van der Waals surface area contributed by atoms with E-state index in [0.29, 0.717) is 6.54 Å². The quantitative estimate of drug-likeness (QED) is 0.894. The Balaban J connectivity index is 2.15. The maximum Gasteiger partial charge on any atom is 0.150 e. The van der Waals surface area contributed by atoms with Crippen molar-refractivity contribution in [3.05, 3.63) is 58.1 Å². The number of benzene rings is 2. The van der Waals surface area contributed by atoms with Crippen LogP contribution in [0.5, 0.6) is 5.75 Å². The van der Waals surface area contributed by atoms with Crippen LogP contribution in [-0.4, -0.2) is 7.11 Å². The number of hydrogen-bond donors (Lipinski definition) is 1. The van der Waals surface area contributed by atoms with Crippen LogP contribution in [0, 0.1) is 18.6 Å². The topological polar surface area (TPSA) is 21.3 Å². The Bertz CT molecular complexity index is 608. The molecule has 0 aliphatic carbocycles.